The number of hydrogen-bond donors (Lipinski definition) is 2. The molecule has 6 aromatic carbocycles. The minimum absolute atomic E-state index is 0.414. The summed E-state index contributed by atoms with van der Waals surface area (Å²) in [6.07, 6.45) is 3.91. The van der Waals surface area contributed by atoms with Crippen molar-refractivity contribution in [2.45, 2.75) is 6.17 Å². The maximum atomic E-state index is 6.73. The molecule has 3 heterocycles. The zero-order chi connectivity index (χ0) is 29.7. The molecule has 0 amide bonds. The van der Waals surface area contributed by atoms with Gasteiger partial charge in [0.15, 0.2) is 6.17 Å². The second kappa shape index (κ2) is 10.4. The molecule has 2 aliphatic rings. The number of nitrogens with one attached hydrogen (secondary N) is 2. The largest absolute Gasteiger partial charge is 0.455 e. The van der Waals surface area contributed by atoms with Crippen LogP contribution in [0.1, 0.15) is 28.4 Å². The van der Waals surface area contributed by atoms with E-state index in [1.165, 1.54) is 10.8 Å². The number of amidine groups is 2. The standard InChI is InChI=1S/C40H28N4O/c1-3-11-26(12-4-1)31-19-20-32(36-33-23-29-16-9-21-41-34(29)24-35(33)45-37(31)36)40-43-38(27-13-5-2-6-14-27)42-39(44-40)30-18-17-25-10-7-8-15-28(25)22-30/h1-20,22-24,39,41H,21H2,(H,42,43,44). The molecule has 9 rings (SSSR count). The summed E-state index contributed by atoms with van der Waals surface area (Å²) < 4.78 is 6.73. The third-order valence-electron chi connectivity index (χ3n) is 8.70. The van der Waals surface area contributed by atoms with E-state index in [0.717, 1.165) is 79.2 Å². The first kappa shape index (κ1) is 25.5. The molecule has 45 heavy (non-hydrogen) atoms. The summed E-state index contributed by atoms with van der Waals surface area (Å²) in [6, 6.07) is 44.3. The Morgan fingerprint density at radius 2 is 1.38 bits per heavy atom. The van der Waals surface area contributed by atoms with Gasteiger partial charge in [-0.2, -0.15) is 0 Å². The molecule has 5 heteroatoms. The van der Waals surface area contributed by atoms with Crippen LogP contribution in [0.25, 0.3) is 49.9 Å². The van der Waals surface area contributed by atoms with E-state index in [1.54, 1.807) is 0 Å². The Morgan fingerprint density at radius 1 is 0.644 bits per heavy atom. The van der Waals surface area contributed by atoms with Crippen molar-refractivity contribution in [1.82, 2.24) is 5.32 Å². The number of anilines is 1. The molecular formula is C40H28N4O. The topological polar surface area (TPSA) is 61.9 Å². The summed E-state index contributed by atoms with van der Waals surface area (Å²) in [4.78, 5) is 10.4. The first-order chi connectivity index (χ1) is 22.3. The van der Waals surface area contributed by atoms with Crippen LogP contribution in [0.15, 0.2) is 148 Å². The predicted molar refractivity (Wildman–Crippen MR) is 186 cm³/mol. The van der Waals surface area contributed by atoms with Gasteiger partial charge in [0.1, 0.15) is 22.8 Å². The highest BCUT2D eigenvalue weighted by Gasteiger charge is 2.25. The highest BCUT2D eigenvalue weighted by atomic mass is 16.3. The van der Waals surface area contributed by atoms with Crippen LogP contribution in [0.2, 0.25) is 0 Å². The van der Waals surface area contributed by atoms with Gasteiger partial charge in [-0.3, -0.25) is 0 Å². The number of fused-ring (bicyclic) bond motifs is 5. The van der Waals surface area contributed by atoms with Crippen LogP contribution < -0.4 is 10.6 Å². The zero-order valence-corrected chi connectivity index (χ0v) is 24.4. The van der Waals surface area contributed by atoms with E-state index in [-0.39, 0.29) is 0 Å². The highest BCUT2D eigenvalue weighted by Crippen LogP contribution is 2.41. The van der Waals surface area contributed by atoms with Crippen molar-refractivity contribution in [1.29, 1.82) is 0 Å². The van der Waals surface area contributed by atoms with Crippen molar-refractivity contribution in [3.05, 3.63) is 156 Å². The average Bonchev–Trinajstić information content (AvgIpc) is 3.49. The molecule has 5 nitrogen and oxygen atoms in total. The summed E-state index contributed by atoms with van der Waals surface area (Å²) in [5.41, 5.74) is 9.09. The number of aliphatic imine (C=N–C) groups is 2. The van der Waals surface area contributed by atoms with E-state index in [0.29, 0.717) is 0 Å². The SMILES string of the molecule is C1=Cc2cc3c(cc2NC1)oc1c(-c2ccccc2)ccc(C2=NC(c4ccc5ccccc5c4)N=C(c4ccccc4)N2)c13. The predicted octanol–water partition coefficient (Wildman–Crippen LogP) is 9.34. The monoisotopic (exact) mass is 580 g/mol. The second-order valence-corrected chi connectivity index (χ2v) is 11.5. The van der Waals surface area contributed by atoms with Crippen LogP contribution in [0.5, 0.6) is 0 Å². The molecule has 2 N–H and O–H groups in total. The second-order valence-electron chi connectivity index (χ2n) is 11.5. The molecule has 1 unspecified atom stereocenters. The molecule has 0 radical (unpaired) electrons. The van der Waals surface area contributed by atoms with Gasteiger partial charge in [-0.1, -0.05) is 109 Å². The Morgan fingerprint density at radius 3 is 2.22 bits per heavy atom. The molecule has 2 aliphatic heterocycles. The van der Waals surface area contributed by atoms with Crippen LogP contribution in [0.3, 0.4) is 0 Å². The highest BCUT2D eigenvalue weighted by molar-refractivity contribution is 6.25. The van der Waals surface area contributed by atoms with Gasteiger partial charge in [-0.25, -0.2) is 9.98 Å². The molecule has 0 spiro atoms. The Kier molecular flexibility index (Phi) is 5.88. The van der Waals surface area contributed by atoms with Crippen molar-refractivity contribution < 1.29 is 4.42 Å². The van der Waals surface area contributed by atoms with E-state index < -0.39 is 6.17 Å². The van der Waals surface area contributed by atoms with E-state index in [9.17, 15) is 0 Å². The number of furan rings is 1. The third kappa shape index (κ3) is 4.40. The Bertz CT molecular complexity index is 2350. The van der Waals surface area contributed by atoms with E-state index in [1.807, 2.05) is 24.3 Å². The average molecular weight is 581 g/mol. The quantitative estimate of drug-likeness (QED) is 0.218. The molecule has 214 valence electrons. The molecule has 0 fully saturated rings. The minimum Gasteiger partial charge on any atom is -0.455 e. The van der Waals surface area contributed by atoms with Crippen molar-refractivity contribution in [3.63, 3.8) is 0 Å². The smallest absolute Gasteiger partial charge is 0.169 e. The molecule has 1 aromatic heterocycles. The van der Waals surface area contributed by atoms with Gasteiger partial charge in [-0.05, 0) is 51.7 Å². The summed E-state index contributed by atoms with van der Waals surface area (Å²) in [5.74, 6) is 1.55. The number of hydrogen-bond acceptors (Lipinski definition) is 5. The van der Waals surface area contributed by atoms with Gasteiger partial charge >= 0.3 is 0 Å². The molecular weight excluding hydrogens is 552 g/mol. The molecule has 0 saturated heterocycles. The summed E-state index contributed by atoms with van der Waals surface area (Å²) in [6.45, 7) is 0.803. The van der Waals surface area contributed by atoms with E-state index in [2.05, 4.69) is 126 Å². The molecule has 0 saturated carbocycles. The number of benzene rings is 6. The fourth-order valence-electron chi connectivity index (χ4n) is 6.48. The summed E-state index contributed by atoms with van der Waals surface area (Å²) >= 11 is 0. The summed E-state index contributed by atoms with van der Waals surface area (Å²) in [5, 5.41) is 11.6. The number of rotatable bonds is 4. The summed E-state index contributed by atoms with van der Waals surface area (Å²) in [7, 11) is 0. The first-order valence-corrected chi connectivity index (χ1v) is 15.2. The van der Waals surface area contributed by atoms with E-state index in [4.69, 9.17) is 14.4 Å². The third-order valence-corrected chi connectivity index (χ3v) is 8.70. The maximum Gasteiger partial charge on any atom is 0.169 e. The van der Waals surface area contributed by atoms with Crippen molar-refractivity contribution in [3.8, 4) is 11.1 Å². The normalized spacial score (nSPS) is 15.8. The minimum atomic E-state index is -0.414. The molecule has 0 aliphatic carbocycles. The van der Waals surface area contributed by atoms with Crippen LogP contribution >= 0.6 is 0 Å². The van der Waals surface area contributed by atoms with Crippen LogP contribution in [-0.4, -0.2) is 18.2 Å². The lowest BCUT2D eigenvalue weighted by atomic mass is 9.96. The molecule has 7 aromatic rings. The van der Waals surface area contributed by atoms with Crippen LogP contribution in [0, 0.1) is 0 Å². The molecule has 1 atom stereocenters. The first-order valence-electron chi connectivity index (χ1n) is 15.2. The Hall–Kier alpha value is -5.94. The van der Waals surface area contributed by atoms with Crippen molar-refractivity contribution >= 4 is 56.1 Å². The van der Waals surface area contributed by atoms with Gasteiger partial charge in [0.25, 0.3) is 0 Å². The zero-order valence-electron chi connectivity index (χ0n) is 24.4. The Labute approximate surface area is 260 Å². The Balaban J connectivity index is 1.28. The van der Waals surface area contributed by atoms with Gasteiger partial charge in [0.05, 0.1) is 0 Å². The van der Waals surface area contributed by atoms with E-state index >= 15 is 0 Å². The van der Waals surface area contributed by atoms with Gasteiger partial charge in [-0.15, -0.1) is 0 Å². The fourth-order valence-corrected chi connectivity index (χ4v) is 6.48. The van der Waals surface area contributed by atoms with Crippen molar-refractivity contribution in [2.24, 2.45) is 9.98 Å². The van der Waals surface area contributed by atoms with Crippen LogP contribution in [0.4, 0.5) is 5.69 Å². The lowest BCUT2D eigenvalue weighted by Gasteiger charge is -2.23. The van der Waals surface area contributed by atoms with Gasteiger partial charge in [0.2, 0.25) is 0 Å². The lowest BCUT2D eigenvalue weighted by Crippen LogP contribution is -2.36. The lowest BCUT2D eigenvalue weighted by molar-refractivity contribution is 0.670. The molecule has 0 bridgehead atoms. The van der Waals surface area contributed by atoms with Gasteiger partial charge in [0, 0.05) is 45.8 Å². The fraction of sp³-hybridized carbons (Fsp3) is 0.0500. The van der Waals surface area contributed by atoms with Crippen LogP contribution in [-0.2, 0) is 0 Å². The maximum absolute atomic E-state index is 6.73. The van der Waals surface area contributed by atoms with Gasteiger partial charge < -0.3 is 15.1 Å². The number of nitrogens with zero attached hydrogens (tertiary/aromatic N) is 2. The van der Waals surface area contributed by atoms with Crippen molar-refractivity contribution in [2.75, 3.05) is 11.9 Å².